The quantitative estimate of drug-likeness (QED) is 0.784. The second-order valence-electron chi connectivity index (χ2n) is 7.62. The first-order valence-corrected chi connectivity index (χ1v) is 11.3. The molecule has 1 aliphatic rings. The Balaban J connectivity index is 1.80. The third-order valence-electron chi connectivity index (χ3n) is 5.37. The molecule has 1 saturated heterocycles. The standard InChI is InChI=1S/C22H28N2O4S/c1-16-4-6-18(7-5-16)15-23-22(25)20-14-19(8-9-21(20)28-3)29(26,27)24-12-10-17(2)11-13-24/h4-9,14,17H,10-13,15H2,1-3H3,(H,23,25). The Labute approximate surface area is 172 Å². The van der Waals surface area contributed by atoms with Gasteiger partial charge in [-0.2, -0.15) is 4.31 Å². The number of nitrogens with one attached hydrogen (secondary N) is 1. The molecule has 0 atom stereocenters. The van der Waals surface area contributed by atoms with Gasteiger partial charge in [0.2, 0.25) is 10.0 Å². The molecular weight excluding hydrogens is 388 g/mol. The van der Waals surface area contributed by atoms with Gasteiger partial charge in [0.05, 0.1) is 17.6 Å². The van der Waals surface area contributed by atoms with Crippen molar-refractivity contribution in [3.63, 3.8) is 0 Å². The van der Waals surface area contributed by atoms with Crippen molar-refractivity contribution in [1.82, 2.24) is 9.62 Å². The van der Waals surface area contributed by atoms with Gasteiger partial charge >= 0.3 is 0 Å². The van der Waals surface area contributed by atoms with Crippen LogP contribution < -0.4 is 10.1 Å². The summed E-state index contributed by atoms with van der Waals surface area (Å²) in [5.41, 5.74) is 2.33. The van der Waals surface area contributed by atoms with Crippen molar-refractivity contribution in [2.24, 2.45) is 5.92 Å². The van der Waals surface area contributed by atoms with Gasteiger partial charge in [0, 0.05) is 19.6 Å². The molecule has 0 aliphatic carbocycles. The summed E-state index contributed by atoms with van der Waals surface area (Å²) in [6, 6.07) is 12.3. The van der Waals surface area contributed by atoms with E-state index in [0.717, 1.165) is 24.0 Å². The Hall–Kier alpha value is -2.38. The summed E-state index contributed by atoms with van der Waals surface area (Å²) in [4.78, 5) is 12.9. The lowest BCUT2D eigenvalue weighted by atomic mass is 10.0. The van der Waals surface area contributed by atoms with Crippen LogP contribution >= 0.6 is 0 Å². The van der Waals surface area contributed by atoms with Crippen LogP contribution in [0, 0.1) is 12.8 Å². The molecule has 2 aromatic rings. The van der Waals surface area contributed by atoms with Crippen molar-refractivity contribution in [2.45, 2.75) is 38.1 Å². The number of nitrogens with zero attached hydrogens (tertiary/aromatic N) is 1. The van der Waals surface area contributed by atoms with Crippen LogP contribution in [-0.2, 0) is 16.6 Å². The smallest absolute Gasteiger partial charge is 0.255 e. The maximum atomic E-state index is 13.0. The summed E-state index contributed by atoms with van der Waals surface area (Å²) in [5, 5.41) is 2.85. The van der Waals surface area contributed by atoms with Gasteiger partial charge in [0.1, 0.15) is 5.75 Å². The maximum Gasteiger partial charge on any atom is 0.255 e. The number of ether oxygens (including phenoxy) is 1. The van der Waals surface area contributed by atoms with Crippen LogP contribution in [0.15, 0.2) is 47.4 Å². The van der Waals surface area contributed by atoms with Gasteiger partial charge in [0.15, 0.2) is 0 Å². The van der Waals surface area contributed by atoms with Crippen LogP contribution in [0.2, 0.25) is 0 Å². The highest BCUT2D eigenvalue weighted by molar-refractivity contribution is 7.89. The number of sulfonamides is 1. The monoisotopic (exact) mass is 416 g/mol. The zero-order chi connectivity index (χ0) is 21.0. The number of amides is 1. The number of carbonyl (C=O) groups is 1. The van der Waals surface area contributed by atoms with E-state index in [4.69, 9.17) is 4.74 Å². The molecule has 3 rings (SSSR count). The molecule has 2 aromatic carbocycles. The third kappa shape index (κ3) is 4.97. The fourth-order valence-electron chi connectivity index (χ4n) is 3.38. The predicted octanol–water partition coefficient (Wildman–Crippen LogP) is 3.35. The summed E-state index contributed by atoms with van der Waals surface area (Å²) in [7, 11) is -2.18. The maximum absolute atomic E-state index is 13.0. The molecule has 1 N–H and O–H groups in total. The summed E-state index contributed by atoms with van der Waals surface area (Å²) >= 11 is 0. The van der Waals surface area contributed by atoms with Gasteiger partial charge < -0.3 is 10.1 Å². The van der Waals surface area contributed by atoms with Gasteiger partial charge in [-0.1, -0.05) is 36.8 Å². The second kappa shape index (κ2) is 8.97. The van der Waals surface area contributed by atoms with Gasteiger partial charge in [-0.25, -0.2) is 8.42 Å². The number of hydrogen-bond donors (Lipinski definition) is 1. The molecule has 0 saturated carbocycles. The van der Waals surface area contributed by atoms with Crippen molar-refractivity contribution in [3.05, 3.63) is 59.2 Å². The molecule has 0 aromatic heterocycles. The lowest BCUT2D eigenvalue weighted by Gasteiger charge is -2.29. The summed E-state index contributed by atoms with van der Waals surface area (Å²) in [6.07, 6.45) is 1.69. The van der Waals surface area contributed by atoms with E-state index in [9.17, 15) is 13.2 Å². The van der Waals surface area contributed by atoms with Gasteiger partial charge in [-0.15, -0.1) is 0 Å². The normalized spacial score (nSPS) is 15.8. The highest BCUT2D eigenvalue weighted by atomic mass is 32.2. The van der Waals surface area contributed by atoms with E-state index in [0.29, 0.717) is 31.3 Å². The van der Waals surface area contributed by atoms with E-state index < -0.39 is 10.0 Å². The summed E-state index contributed by atoms with van der Waals surface area (Å²) < 4.78 is 32.9. The number of rotatable bonds is 6. The first-order chi connectivity index (χ1) is 13.8. The fraction of sp³-hybridized carbons (Fsp3) is 0.409. The Bertz CT molecular complexity index is 963. The molecule has 0 radical (unpaired) electrons. The van der Waals surface area contributed by atoms with Crippen molar-refractivity contribution >= 4 is 15.9 Å². The Morgan fingerprint density at radius 3 is 2.41 bits per heavy atom. The van der Waals surface area contributed by atoms with E-state index >= 15 is 0 Å². The number of carbonyl (C=O) groups excluding carboxylic acids is 1. The lowest BCUT2D eigenvalue weighted by molar-refractivity contribution is 0.0947. The van der Waals surface area contributed by atoms with Crippen molar-refractivity contribution in [2.75, 3.05) is 20.2 Å². The van der Waals surface area contributed by atoms with Crippen molar-refractivity contribution < 1.29 is 17.9 Å². The summed E-state index contributed by atoms with van der Waals surface area (Å²) in [5.74, 6) is 0.504. The predicted molar refractivity (Wildman–Crippen MR) is 113 cm³/mol. The molecule has 156 valence electrons. The third-order valence-corrected chi connectivity index (χ3v) is 7.26. The SMILES string of the molecule is COc1ccc(S(=O)(=O)N2CCC(C)CC2)cc1C(=O)NCc1ccc(C)cc1. The van der Waals surface area contributed by atoms with Crippen molar-refractivity contribution in [1.29, 1.82) is 0 Å². The molecule has 29 heavy (non-hydrogen) atoms. The molecular formula is C22H28N2O4S. The molecule has 7 heteroatoms. The highest BCUT2D eigenvalue weighted by Crippen LogP contribution is 2.27. The van der Waals surface area contributed by atoms with Crippen LogP contribution in [-0.4, -0.2) is 38.8 Å². The molecule has 1 fully saturated rings. The minimum atomic E-state index is -3.64. The van der Waals surface area contributed by atoms with E-state index in [1.165, 1.54) is 23.5 Å². The molecule has 1 heterocycles. The van der Waals surface area contributed by atoms with E-state index in [-0.39, 0.29) is 16.4 Å². The number of piperidine rings is 1. The summed E-state index contributed by atoms with van der Waals surface area (Å²) in [6.45, 7) is 5.49. The first kappa shape index (κ1) is 21.3. The second-order valence-corrected chi connectivity index (χ2v) is 9.55. The average Bonchev–Trinajstić information content (AvgIpc) is 2.73. The topological polar surface area (TPSA) is 75.7 Å². The number of methoxy groups -OCH3 is 1. The number of hydrogen-bond acceptors (Lipinski definition) is 4. The largest absolute Gasteiger partial charge is 0.496 e. The highest BCUT2D eigenvalue weighted by Gasteiger charge is 2.29. The van der Waals surface area contributed by atoms with Crippen LogP contribution in [0.25, 0.3) is 0 Å². The van der Waals surface area contributed by atoms with Gasteiger partial charge in [-0.05, 0) is 49.4 Å². The zero-order valence-electron chi connectivity index (χ0n) is 17.1. The first-order valence-electron chi connectivity index (χ1n) is 9.83. The average molecular weight is 417 g/mol. The van der Waals surface area contributed by atoms with Crippen LogP contribution in [0.3, 0.4) is 0 Å². The molecule has 0 spiro atoms. The van der Waals surface area contributed by atoms with E-state index in [2.05, 4.69) is 12.2 Å². The van der Waals surface area contributed by atoms with Gasteiger partial charge in [-0.3, -0.25) is 4.79 Å². The minimum absolute atomic E-state index is 0.119. The molecule has 6 nitrogen and oxygen atoms in total. The van der Waals surface area contributed by atoms with Crippen LogP contribution in [0.1, 0.15) is 41.3 Å². The zero-order valence-corrected chi connectivity index (χ0v) is 18.0. The van der Waals surface area contributed by atoms with Crippen LogP contribution in [0.5, 0.6) is 5.75 Å². The molecule has 0 unspecified atom stereocenters. The van der Waals surface area contributed by atoms with Gasteiger partial charge in [0.25, 0.3) is 5.91 Å². The number of aryl methyl sites for hydroxylation is 1. The van der Waals surface area contributed by atoms with E-state index in [1.54, 1.807) is 6.07 Å². The number of benzene rings is 2. The van der Waals surface area contributed by atoms with E-state index in [1.807, 2.05) is 31.2 Å². The molecule has 1 aliphatic heterocycles. The van der Waals surface area contributed by atoms with Crippen molar-refractivity contribution in [3.8, 4) is 5.75 Å². The molecule has 0 bridgehead atoms. The lowest BCUT2D eigenvalue weighted by Crippen LogP contribution is -2.38. The Kier molecular flexibility index (Phi) is 6.59. The Morgan fingerprint density at radius 1 is 1.14 bits per heavy atom. The minimum Gasteiger partial charge on any atom is -0.496 e. The van der Waals surface area contributed by atoms with Crippen LogP contribution in [0.4, 0.5) is 0 Å². The fourth-order valence-corrected chi connectivity index (χ4v) is 4.88. The molecule has 1 amide bonds. The Morgan fingerprint density at radius 2 is 1.79 bits per heavy atom.